The molecule has 0 unspecified atom stereocenters. The van der Waals surface area contributed by atoms with Gasteiger partial charge in [0.15, 0.2) is 0 Å². The lowest BCUT2D eigenvalue weighted by Crippen LogP contribution is -2.13. The van der Waals surface area contributed by atoms with E-state index in [1.807, 2.05) is 0 Å². The van der Waals surface area contributed by atoms with Crippen LogP contribution in [0.1, 0.15) is 0 Å². The Morgan fingerprint density at radius 3 is 1.09 bits per heavy atom. The molecule has 3 heteroatoms. The van der Waals surface area contributed by atoms with Crippen LogP contribution in [0.2, 0.25) is 0 Å². The Kier molecular flexibility index (Phi) is 11.9. The number of anilines is 3. The van der Waals surface area contributed by atoms with Crippen molar-refractivity contribution in [3.05, 3.63) is 322 Å². The zero-order valence-corrected chi connectivity index (χ0v) is 44.4. The minimum Gasteiger partial charge on any atom is -0.309 e. The number of hydrogen-bond donors (Lipinski definition) is 0. The average molecular weight is 1030 g/mol. The monoisotopic (exact) mass is 1030 g/mol. The first kappa shape index (κ1) is 47.5. The van der Waals surface area contributed by atoms with Crippen molar-refractivity contribution < 1.29 is 0 Å². The molecule has 15 aromatic rings. The maximum atomic E-state index is 2.55. The molecule has 0 bridgehead atoms. The van der Waals surface area contributed by atoms with Crippen molar-refractivity contribution in [2.24, 2.45) is 0 Å². The fourth-order valence-electron chi connectivity index (χ4n) is 12.3. The number of rotatable bonds is 11. The summed E-state index contributed by atoms with van der Waals surface area (Å²) in [7, 11) is 0. The number of benzene rings is 13. The second kappa shape index (κ2) is 20.2. The van der Waals surface area contributed by atoms with Crippen LogP contribution >= 0.6 is 0 Å². The van der Waals surface area contributed by atoms with Gasteiger partial charge in [-0.25, -0.2) is 0 Å². The molecule has 3 nitrogen and oxygen atoms in total. The SMILES string of the molecule is c1ccc(-c2cc(N(c3ccc4c(c3)c3cc(-c5ccccc5)ccc3n4-c3ccccc3)c3c(-c4ccccc4)cccc3-c3ccccc3)cc(-n3c4cc(-c5ccccc5)ccc4c4ccc(-c5ccccc5)cc43)c2)cc1. The van der Waals surface area contributed by atoms with E-state index >= 15 is 0 Å². The minimum atomic E-state index is 1.02. The van der Waals surface area contributed by atoms with Crippen LogP contribution in [0.5, 0.6) is 0 Å². The van der Waals surface area contributed by atoms with E-state index in [1.165, 1.54) is 49.5 Å². The van der Waals surface area contributed by atoms with Crippen LogP contribution in [0.3, 0.4) is 0 Å². The Morgan fingerprint density at radius 2 is 0.593 bits per heavy atom. The Hall–Kier alpha value is -10.7. The Balaban J connectivity index is 1.07. The highest BCUT2D eigenvalue weighted by atomic mass is 15.2. The highest BCUT2D eigenvalue weighted by Gasteiger charge is 2.26. The van der Waals surface area contributed by atoms with E-state index < -0.39 is 0 Å². The Morgan fingerprint density at radius 1 is 0.198 bits per heavy atom. The molecule has 0 saturated heterocycles. The average Bonchev–Trinajstić information content (AvgIpc) is 4.21. The van der Waals surface area contributed by atoms with Crippen molar-refractivity contribution in [1.82, 2.24) is 9.13 Å². The summed E-state index contributed by atoms with van der Waals surface area (Å²) in [6, 6.07) is 118. The van der Waals surface area contributed by atoms with Gasteiger partial charge < -0.3 is 14.0 Å². The van der Waals surface area contributed by atoms with Crippen molar-refractivity contribution >= 4 is 60.7 Å². The second-order valence-corrected chi connectivity index (χ2v) is 20.9. The first-order valence-corrected chi connectivity index (χ1v) is 27.8. The maximum absolute atomic E-state index is 2.55. The third-order valence-electron chi connectivity index (χ3n) is 16.1. The lowest BCUT2D eigenvalue weighted by atomic mass is 9.93. The van der Waals surface area contributed by atoms with Crippen molar-refractivity contribution in [2.75, 3.05) is 4.90 Å². The molecule has 2 heterocycles. The lowest BCUT2D eigenvalue weighted by molar-refractivity contribution is 1.17. The number of fused-ring (bicyclic) bond motifs is 6. The smallest absolute Gasteiger partial charge is 0.0618 e. The summed E-state index contributed by atoms with van der Waals surface area (Å²) < 4.78 is 4.94. The van der Waals surface area contributed by atoms with Gasteiger partial charge in [-0.1, -0.05) is 249 Å². The van der Waals surface area contributed by atoms with Crippen molar-refractivity contribution in [3.63, 3.8) is 0 Å². The summed E-state index contributed by atoms with van der Waals surface area (Å²) in [6.07, 6.45) is 0. The van der Waals surface area contributed by atoms with Crippen LogP contribution in [0.25, 0.3) is 122 Å². The molecule has 0 aliphatic heterocycles. The van der Waals surface area contributed by atoms with Gasteiger partial charge in [-0.2, -0.15) is 0 Å². The first-order chi connectivity index (χ1) is 40.2. The molecule has 0 spiro atoms. The standard InChI is InChI=1S/C78H53N3/c1-8-23-54(24-9-1)60-41-45-74-72(49-60)73-53-65(42-46-75(73)80(74)64-35-20-7-21-36-64)79(78-68(58-31-16-5-17-32-58)37-22-38-69(78)59-33-18-6-19-34-59)66-47-63(57-29-14-4-15-30-57)48-67(52-66)81-76-50-61(55-25-10-2-11-26-55)39-43-70(76)71-44-40-62(51-77(71)81)56-27-12-3-13-28-56/h1-53H. The van der Waals surface area contributed by atoms with Crippen molar-refractivity contribution in [2.45, 2.75) is 0 Å². The summed E-state index contributed by atoms with van der Waals surface area (Å²) in [5.41, 5.74) is 23.7. The summed E-state index contributed by atoms with van der Waals surface area (Å²) in [6.45, 7) is 0. The van der Waals surface area contributed by atoms with Gasteiger partial charge in [-0.15, -0.1) is 0 Å². The molecule has 0 atom stereocenters. The van der Waals surface area contributed by atoms with Crippen LogP contribution in [0, 0.1) is 0 Å². The summed E-state index contributed by atoms with van der Waals surface area (Å²) >= 11 is 0. The van der Waals surface area contributed by atoms with E-state index in [1.54, 1.807) is 0 Å². The zero-order chi connectivity index (χ0) is 53.6. The van der Waals surface area contributed by atoms with E-state index in [9.17, 15) is 0 Å². The topological polar surface area (TPSA) is 13.1 Å². The minimum absolute atomic E-state index is 1.02. The second-order valence-electron chi connectivity index (χ2n) is 20.9. The zero-order valence-electron chi connectivity index (χ0n) is 44.4. The molecule has 0 radical (unpaired) electrons. The van der Waals surface area contributed by atoms with Gasteiger partial charge in [-0.3, -0.25) is 0 Å². The van der Waals surface area contributed by atoms with Crippen LogP contribution in [-0.2, 0) is 0 Å². The predicted molar refractivity (Wildman–Crippen MR) is 342 cm³/mol. The number of para-hydroxylation sites is 2. The highest BCUT2D eigenvalue weighted by Crippen LogP contribution is 2.50. The lowest BCUT2D eigenvalue weighted by Gasteiger charge is -2.31. The number of nitrogens with zero attached hydrogens (tertiary/aromatic N) is 3. The molecule has 0 fully saturated rings. The van der Waals surface area contributed by atoms with Crippen molar-refractivity contribution in [3.8, 4) is 78.1 Å². The predicted octanol–water partition coefficient (Wildman–Crippen LogP) is 21.4. The summed E-state index contributed by atoms with van der Waals surface area (Å²) in [5, 5.41) is 4.74. The van der Waals surface area contributed by atoms with E-state index in [0.29, 0.717) is 0 Å². The van der Waals surface area contributed by atoms with Gasteiger partial charge in [-0.05, 0) is 128 Å². The van der Waals surface area contributed by atoms with E-state index in [4.69, 9.17) is 0 Å². The summed E-state index contributed by atoms with van der Waals surface area (Å²) in [5.74, 6) is 0. The molecule has 2 aromatic heterocycles. The maximum Gasteiger partial charge on any atom is 0.0618 e. The van der Waals surface area contributed by atoms with E-state index in [0.717, 1.165) is 89.3 Å². The normalized spacial score (nSPS) is 11.5. The van der Waals surface area contributed by atoms with Gasteiger partial charge in [0, 0.05) is 55.4 Å². The van der Waals surface area contributed by atoms with Gasteiger partial charge in [0.05, 0.1) is 27.8 Å². The number of hydrogen-bond acceptors (Lipinski definition) is 1. The quantitative estimate of drug-likeness (QED) is 0.126. The molecule has 13 aromatic carbocycles. The molecular formula is C78H53N3. The Labute approximate surface area is 471 Å². The molecule has 0 saturated carbocycles. The third kappa shape index (κ3) is 8.57. The van der Waals surface area contributed by atoms with Crippen molar-refractivity contribution in [1.29, 1.82) is 0 Å². The van der Waals surface area contributed by atoms with E-state index in [2.05, 4.69) is 336 Å². The van der Waals surface area contributed by atoms with Crippen LogP contribution in [0.15, 0.2) is 322 Å². The molecule has 81 heavy (non-hydrogen) atoms. The Bertz CT molecular complexity index is 4610. The van der Waals surface area contributed by atoms with Gasteiger partial charge in [0.2, 0.25) is 0 Å². The molecule has 15 rings (SSSR count). The van der Waals surface area contributed by atoms with Crippen LogP contribution < -0.4 is 4.90 Å². The van der Waals surface area contributed by atoms with Crippen LogP contribution in [-0.4, -0.2) is 9.13 Å². The van der Waals surface area contributed by atoms with E-state index in [-0.39, 0.29) is 0 Å². The van der Waals surface area contributed by atoms with Gasteiger partial charge >= 0.3 is 0 Å². The molecule has 0 aliphatic rings. The largest absolute Gasteiger partial charge is 0.309 e. The fraction of sp³-hybridized carbons (Fsp3) is 0. The van der Waals surface area contributed by atoms with Gasteiger partial charge in [0.1, 0.15) is 0 Å². The van der Waals surface area contributed by atoms with Crippen LogP contribution in [0.4, 0.5) is 17.1 Å². The highest BCUT2D eigenvalue weighted by molar-refractivity contribution is 6.14. The summed E-state index contributed by atoms with van der Waals surface area (Å²) in [4.78, 5) is 2.55. The fourth-order valence-corrected chi connectivity index (χ4v) is 12.3. The molecular weight excluding hydrogens is 979 g/mol. The first-order valence-electron chi connectivity index (χ1n) is 27.8. The molecule has 0 aliphatic carbocycles. The van der Waals surface area contributed by atoms with Gasteiger partial charge in [0.25, 0.3) is 0 Å². The molecule has 380 valence electrons. The third-order valence-corrected chi connectivity index (χ3v) is 16.1. The number of aromatic nitrogens is 2. The molecule has 0 amide bonds. The molecule has 0 N–H and O–H groups in total.